The van der Waals surface area contributed by atoms with Gasteiger partial charge in [0.25, 0.3) is 0 Å². The van der Waals surface area contributed by atoms with E-state index in [1.54, 1.807) is 35.1 Å². The van der Waals surface area contributed by atoms with Crippen molar-refractivity contribution in [3.8, 4) is 11.1 Å². The number of carbonyl (C=O) groups is 1. The van der Waals surface area contributed by atoms with Crippen LogP contribution in [0.3, 0.4) is 0 Å². The monoisotopic (exact) mass is 461 g/mol. The molecule has 1 aliphatic rings. The summed E-state index contributed by atoms with van der Waals surface area (Å²) in [7, 11) is 0. The summed E-state index contributed by atoms with van der Waals surface area (Å²) in [5, 5.41) is 5.45. The van der Waals surface area contributed by atoms with E-state index in [9.17, 15) is 13.6 Å². The standard InChI is InChI=1S/C26H25F2N5O/c1-18-25-22(19-6-8-21(27)9-7-19)10-11-29-26(25)33(30-18)17-24(34)32-14-12-31(13-15-32)16-20-4-2-3-5-23(20)28/h2-11H,12-17H2,1H3. The lowest BCUT2D eigenvalue weighted by Crippen LogP contribution is -2.49. The van der Waals surface area contributed by atoms with Gasteiger partial charge in [0.05, 0.1) is 5.69 Å². The summed E-state index contributed by atoms with van der Waals surface area (Å²) in [5.74, 6) is -0.514. The van der Waals surface area contributed by atoms with E-state index in [4.69, 9.17) is 0 Å². The largest absolute Gasteiger partial charge is 0.339 e. The molecule has 0 spiro atoms. The van der Waals surface area contributed by atoms with Gasteiger partial charge < -0.3 is 4.90 Å². The number of halogens is 2. The summed E-state index contributed by atoms with van der Waals surface area (Å²) >= 11 is 0. The van der Waals surface area contributed by atoms with Gasteiger partial charge >= 0.3 is 0 Å². The van der Waals surface area contributed by atoms with Crippen molar-refractivity contribution in [2.45, 2.75) is 20.0 Å². The molecule has 0 saturated carbocycles. The molecule has 0 N–H and O–H groups in total. The highest BCUT2D eigenvalue weighted by Crippen LogP contribution is 2.30. The van der Waals surface area contributed by atoms with Crippen LogP contribution in [0.2, 0.25) is 0 Å². The first kappa shape index (κ1) is 22.2. The Kier molecular flexibility index (Phi) is 6.06. The van der Waals surface area contributed by atoms with E-state index in [0.29, 0.717) is 43.9 Å². The number of pyridine rings is 1. The number of fused-ring (bicyclic) bond motifs is 1. The number of piperazine rings is 1. The minimum atomic E-state index is -0.291. The van der Waals surface area contributed by atoms with Crippen LogP contribution in [0.4, 0.5) is 8.78 Å². The van der Waals surface area contributed by atoms with E-state index in [1.807, 2.05) is 24.0 Å². The summed E-state index contributed by atoms with van der Waals surface area (Å²) in [6.07, 6.45) is 1.69. The first-order valence-electron chi connectivity index (χ1n) is 11.3. The molecule has 1 amide bonds. The number of hydrogen-bond acceptors (Lipinski definition) is 4. The summed E-state index contributed by atoms with van der Waals surface area (Å²) in [6, 6.07) is 15.0. The van der Waals surface area contributed by atoms with Gasteiger partial charge in [-0.1, -0.05) is 30.3 Å². The van der Waals surface area contributed by atoms with E-state index >= 15 is 0 Å². The van der Waals surface area contributed by atoms with Gasteiger partial charge in [-0.15, -0.1) is 0 Å². The lowest BCUT2D eigenvalue weighted by molar-refractivity contribution is -0.133. The molecule has 34 heavy (non-hydrogen) atoms. The number of aromatic nitrogens is 3. The van der Waals surface area contributed by atoms with Crippen molar-refractivity contribution < 1.29 is 13.6 Å². The van der Waals surface area contributed by atoms with E-state index in [1.165, 1.54) is 18.2 Å². The maximum absolute atomic E-state index is 14.0. The van der Waals surface area contributed by atoms with Crippen molar-refractivity contribution in [2.24, 2.45) is 0 Å². The van der Waals surface area contributed by atoms with E-state index in [0.717, 1.165) is 22.2 Å². The van der Waals surface area contributed by atoms with Crippen molar-refractivity contribution in [3.05, 3.63) is 83.7 Å². The fourth-order valence-corrected chi connectivity index (χ4v) is 4.51. The Morgan fingerprint density at radius 3 is 2.44 bits per heavy atom. The van der Waals surface area contributed by atoms with Crippen LogP contribution < -0.4 is 0 Å². The van der Waals surface area contributed by atoms with Crippen LogP contribution in [0.5, 0.6) is 0 Å². The second-order valence-electron chi connectivity index (χ2n) is 8.56. The lowest BCUT2D eigenvalue weighted by atomic mass is 10.0. The molecule has 0 aliphatic carbocycles. The van der Waals surface area contributed by atoms with E-state index in [-0.39, 0.29) is 24.1 Å². The van der Waals surface area contributed by atoms with Gasteiger partial charge in [0.2, 0.25) is 5.91 Å². The van der Waals surface area contributed by atoms with E-state index in [2.05, 4.69) is 15.0 Å². The van der Waals surface area contributed by atoms with Gasteiger partial charge in [0, 0.05) is 49.9 Å². The lowest BCUT2D eigenvalue weighted by Gasteiger charge is -2.34. The molecule has 1 saturated heterocycles. The Labute approximate surface area is 196 Å². The Bertz CT molecular complexity index is 1330. The molecule has 5 rings (SSSR count). The molecule has 6 nitrogen and oxygen atoms in total. The number of carbonyl (C=O) groups excluding carboxylic acids is 1. The number of hydrogen-bond donors (Lipinski definition) is 0. The number of amides is 1. The van der Waals surface area contributed by atoms with Crippen molar-refractivity contribution in [1.29, 1.82) is 0 Å². The van der Waals surface area contributed by atoms with Gasteiger partial charge in [-0.2, -0.15) is 5.10 Å². The average Bonchev–Trinajstić information content (AvgIpc) is 3.17. The molecule has 2 aromatic heterocycles. The molecule has 1 aliphatic heterocycles. The molecule has 8 heteroatoms. The van der Waals surface area contributed by atoms with E-state index < -0.39 is 0 Å². The molecule has 4 aromatic rings. The first-order valence-corrected chi connectivity index (χ1v) is 11.3. The SMILES string of the molecule is Cc1nn(CC(=O)N2CCN(Cc3ccccc3F)CC2)c2nccc(-c3ccc(F)cc3)c12. The fraction of sp³-hybridized carbons (Fsp3) is 0.269. The van der Waals surface area contributed by atoms with Crippen LogP contribution in [0.1, 0.15) is 11.3 Å². The number of rotatable bonds is 5. The Hall–Kier alpha value is -3.65. The summed E-state index contributed by atoms with van der Waals surface area (Å²) < 4.78 is 29.0. The molecule has 1 fully saturated rings. The summed E-state index contributed by atoms with van der Waals surface area (Å²) in [4.78, 5) is 21.5. The van der Waals surface area contributed by atoms with Gasteiger partial charge in [-0.3, -0.25) is 9.69 Å². The Morgan fingerprint density at radius 2 is 1.71 bits per heavy atom. The maximum Gasteiger partial charge on any atom is 0.244 e. The van der Waals surface area contributed by atoms with Crippen LogP contribution in [-0.2, 0) is 17.9 Å². The second-order valence-corrected chi connectivity index (χ2v) is 8.56. The molecule has 2 aromatic carbocycles. The minimum Gasteiger partial charge on any atom is -0.339 e. The fourth-order valence-electron chi connectivity index (χ4n) is 4.51. The third-order valence-electron chi connectivity index (χ3n) is 6.33. The third-order valence-corrected chi connectivity index (χ3v) is 6.33. The van der Waals surface area contributed by atoms with Gasteiger partial charge in [0.15, 0.2) is 5.65 Å². The number of benzene rings is 2. The average molecular weight is 462 g/mol. The van der Waals surface area contributed by atoms with Crippen molar-refractivity contribution >= 4 is 16.9 Å². The Morgan fingerprint density at radius 1 is 0.971 bits per heavy atom. The number of aryl methyl sites for hydroxylation is 1. The van der Waals surface area contributed by atoms with Crippen LogP contribution in [0.15, 0.2) is 60.8 Å². The molecule has 0 radical (unpaired) electrons. The predicted molar refractivity (Wildman–Crippen MR) is 126 cm³/mol. The van der Waals surface area contributed by atoms with Gasteiger partial charge in [-0.05, 0) is 42.3 Å². The first-order chi connectivity index (χ1) is 16.5. The smallest absolute Gasteiger partial charge is 0.244 e. The molecule has 0 atom stereocenters. The topological polar surface area (TPSA) is 54.3 Å². The minimum absolute atomic E-state index is 0.0241. The molecular weight excluding hydrogens is 436 g/mol. The van der Waals surface area contributed by atoms with Gasteiger partial charge in [0.1, 0.15) is 18.2 Å². The van der Waals surface area contributed by atoms with Crippen molar-refractivity contribution in [3.63, 3.8) is 0 Å². The zero-order valence-electron chi connectivity index (χ0n) is 18.9. The van der Waals surface area contributed by atoms with Crippen molar-refractivity contribution in [2.75, 3.05) is 26.2 Å². The van der Waals surface area contributed by atoms with Crippen LogP contribution in [0.25, 0.3) is 22.2 Å². The zero-order chi connectivity index (χ0) is 23.7. The Balaban J connectivity index is 1.28. The van der Waals surface area contributed by atoms with Gasteiger partial charge in [-0.25, -0.2) is 18.4 Å². The highest BCUT2D eigenvalue weighted by atomic mass is 19.1. The molecular formula is C26H25F2N5O. The van der Waals surface area contributed by atoms with Crippen molar-refractivity contribution in [1.82, 2.24) is 24.6 Å². The molecule has 0 bridgehead atoms. The van der Waals surface area contributed by atoms with Crippen LogP contribution in [-0.4, -0.2) is 56.7 Å². The molecule has 3 heterocycles. The molecule has 0 unspecified atom stereocenters. The highest BCUT2D eigenvalue weighted by Gasteiger charge is 2.23. The zero-order valence-corrected chi connectivity index (χ0v) is 18.9. The molecule has 174 valence electrons. The normalized spacial score (nSPS) is 14.6. The van der Waals surface area contributed by atoms with Crippen LogP contribution >= 0.6 is 0 Å². The predicted octanol–water partition coefficient (Wildman–Crippen LogP) is 4.03. The quantitative estimate of drug-likeness (QED) is 0.450. The maximum atomic E-state index is 14.0. The van der Waals surface area contributed by atoms with Crippen LogP contribution in [0, 0.1) is 18.6 Å². The highest BCUT2D eigenvalue weighted by molar-refractivity contribution is 5.95. The second kappa shape index (κ2) is 9.30. The third kappa shape index (κ3) is 4.41. The number of nitrogens with zero attached hydrogens (tertiary/aromatic N) is 5. The summed E-state index contributed by atoms with van der Waals surface area (Å²) in [5.41, 5.74) is 3.84. The summed E-state index contributed by atoms with van der Waals surface area (Å²) in [6.45, 7) is 5.06.